The van der Waals surface area contributed by atoms with E-state index in [1.54, 1.807) is 0 Å². The average Bonchev–Trinajstić information content (AvgIpc) is 2.14. The molecule has 1 saturated carbocycles. The van der Waals surface area contributed by atoms with Crippen LogP contribution in [0.5, 0.6) is 0 Å². The van der Waals surface area contributed by atoms with Gasteiger partial charge >= 0.3 is 5.97 Å². The second-order valence-corrected chi connectivity index (χ2v) is 6.44. The fraction of sp³-hybridized carbons (Fsp3) is 0.933. The molecule has 17 heavy (non-hydrogen) atoms. The Kier molecular flexibility index (Phi) is 5.48. The maximum Gasteiger partial charge on any atom is 0.302 e. The summed E-state index contributed by atoms with van der Waals surface area (Å²) in [7, 11) is 0. The zero-order valence-electron chi connectivity index (χ0n) is 12.0. The molecule has 100 valence electrons. The molecule has 1 fully saturated rings. The molecule has 0 radical (unpaired) electrons. The Labute approximate surface area is 106 Å². The van der Waals surface area contributed by atoms with Crippen LogP contribution >= 0.6 is 0 Å². The fourth-order valence-corrected chi connectivity index (χ4v) is 3.16. The molecule has 0 spiro atoms. The molecular formula is C15H28O2. The first-order valence-corrected chi connectivity index (χ1v) is 7.05. The van der Waals surface area contributed by atoms with Crippen molar-refractivity contribution >= 4 is 5.97 Å². The van der Waals surface area contributed by atoms with Gasteiger partial charge in [0, 0.05) is 6.92 Å². The van der Waals surface area contributed by atoms with Crippen molar-refractivity contribution in [3.63, 3.8) is 0 Å². The van der Waals surface area contributed by atoms with E-state index < -0.39 is 0 Å². The van der Waals surface area contributed by atoms with Crippen molar-refractivity contribution in [2.45, 2.75) is 66.4 Å². The molecule has 1 aliphatic rings. The molecule has 1 aliphatic carbocycles. The van der Waals surface area contributed by atoms with Gasteiger partial charge in [0.15, 0.2) is 0 Å². The lowest BCUT2D eigenvalue weighted by Gasteiger charge is -2.37. The standard InChI is InChI=1S/C15H28O2/c1-10(2)6-13-7-14(11(3)4)9-15(8-13)17-12(5)16/h10-11,13-15H,6-9H2,1-5H3. The van der Waals surface area contributed by atoms with Crippen molar-refractivity contribution < 1.29 is 9.53 Å². The van der Waals surface area contributed by atoms with Crippen LogP contribution in [0.2, 0.25) is 0 Å². The van der Waals surface area contributed by atoms with Crippen LogP contribution in [0.4, 0.5) is 0 Å². The number of hydrogen-bond acceptors (Lipinski definition) is 2. The molecular weight excluding hydrogens is 212 g/mol. The highest BCUT2D eigenvalue weighted by atomic mass is 16.5. The van der Waals surface area contributed by atoms with Crippen LogP contribution in [0, 0.1) is 23.7 Å². The van der Waals surface area contributed by atoms with E-state index in [0.29, 0.717) is 5.92 Å². The molecule has 0 saturated heterocycles. The van der Waals surface area contributed by atoms with Gasteiger partial charge in [0.1, 0.15) is 6.10 Å². The number of carbonyl (C=O) groups excluding carboxylic acids is 1. The van der Waals surface area contributed by atoms with Gasteiger partial charge in [-0.25, -0.2) is 0 Å². The van der Waals surface area contributed by atoms with E-state index >= 15 is 0 Å². The molecule has 2 nitrogen and oxygen atoms in total. The Morgan fingerprint density at radius 2 is 1.82 bits per heavy atom. The fourth-order valence-electron chi connectivity index (χ4n) is 3.16. The van der Waals surface area contributed by atoms with Crippen LogP contribution in [0.1, 0.15) is 60.3 Å². The van der Waals surface area contributed by atoms with Gasteiger partial charge in [0.05, 0.1) is 0 Å². The quantitative estimate of drug-likeness (QED) is 0.693. The minimum absolute atomic E-state index is 0.122. The normalized spacial score (nSPS) is 29.7. The Balaban J connectivity index is 2.58. The van der Waals surface area contributed by atoms with E-state index in [1.807, 2.05) is 0 Å². The van der Waals surface area contributed by atoms with E-state index in [4.69, 9.17) is 4.74 Å². The Morgan fingerprint density at radius 1 is 1.18 bits per heavy atom. The third-order valence-corrected chi connectivity index (χ3v) is 3.88. The zero-order chi connectivity index (χ0) is 13.0. The maximum atomic E-state index is 11.1. The van der Waals surface area contributed by atoms with Gasteiger partial charge in [0.2, 0.25) is 0 Å². The predicted octanol–water partition coefficient (Wildman–Crippen LogP) is 4.04. The van der Waals surface area contributed by atoms with E-state index in [0.717, 1.165) is 30.6 Å². The van der Waals surface area contributed by atoms with Crippen molar-refractivity contribution in [2.75, 3.05) is 0 Å². The molecule has 0 aliphatic heterocycles. The van der Waals surface area contributed by atoms with Crippen molar-refractivity contribution in [2.24, 2.45) is 23.7 Å². The SMILES string of the molecule is CC(=O)OC1CC(CC(C)C)CC(C(C)C)C1. The number of ether oxygens (including phenoxy) is 1. The molecule has 2 heteroatoms. The van der Waals surface area contributed by atoms with Gasteiger partial charge < -0.3 is 4.74 Å². The lowest BCUT2D eigenvalue weighted by atomic mass is 9.72. The highest BCUT2D eigenvalue weighted by Crippen LogP contribution is 2.38. The number of esters is 1. The Morgan fingerprint density at radius 3 is 2.29 bits per heavy atom. The van der Waals surface area contributed by atoms with E-state index in [1.165, 1.54) is 19.8 Å². The van der Waals surface area contributed by atoms with Gasteiger partial charge in [-0.15, -0.1) is 0 Å². The van der Waals surface area contributed by atoms with Gasteiger partial charge in [0.25, 0.3) is 0 Å². The summed E-state index contributed by atoms with van der Waals surface area (Å²) < 4.78 is 5.44. The van der Waals surface area contributed by atoms with Gasteiger partial charge in [-0.05, 0) is 49.4 Å². The van der Waals surface area contributed by atoms with Crippen LogP contribution in [-0.2, 0) is 9.53 Å². The molecule has 0 N–H and O–H groups in total. The Hall–Kier alpha value is -0.530. The summed E-state index contributed by atoms with van der Waals surface area (Å²) in [5, 5.41) is 0. The average molecular weight is 240 g/mol. The molecule has 0 heterocycles. The van der Waals surface area contributed by atoms with Crippen LogP contribution in [0.25, 0.3) is 0 Å². The number of carbonyl (C=O) groups is 1. The topological polar surface area (TPSA) is 26.3 Å². The summed E-state index contributed by atoms with van der Waals surface area (Å²) in [6.45, 7) is 10.6. The molecule has 3 atom stereocenters. The summed E-state index contributed by atoms with van der Waals surface area (Å²) in [4.78, 5) is 11.1. The molecule has 0 bridgehead atoms. The van der Waals surface area contributed by atoms with Gasteiger partial charge in [-0.2, -0.15) is 0 Å². The summed E-state index contributed by atoms with van der Waals surface area (Å²) in [6, 6.07) is 0. The third-order valence-electron chi connectivity index (χ3n) is 3.88. The molecule has 0 aromatic carbocycles. The first-order valence-electron chi connectivity index (χ1n) is 7.05. The van der Waals surface area contributed by atoms with Crippen molar-refractivity contribution in [3.05, 3.63) is 0 Å². The van der Waals surface area contributed by atoms with E-state index in [2.05, 4.69) is 27.7 Å². The van der Waals surface area contributed by atoms with Crippen LogP contribution in [0.3, 0.4) is 0 Å². The smallest absolute Gasteiger partial charge is 0.302 e. The first-order chi connectivity index (χ1) is 7.88. The summed E-state index contributed by atoms with van der Waals surface area (Å²) in [6.07, 6.45) is 4.87. The third kappa shape index (κ3) is 5.10. The molecule has 0 amide bonds. The van der Waals surface area contributed by atoms with Gasteiger partial charge in [-0.1, -0.05) is 27.7 Å². The highest BCUT2D eigenvalue weighted by molar-refractivity contribution is 5.66. The van der Waals surface area contributed by atoms with Crippen molar-refractivity contribution in [3.8, 4) is 0 Å². The molecule has 0 aromatic rings. The minimum Gasteiger partial charge on any atom is -0.463 e. The predicted molar refractivity (Wildman–Crippen MR) is 70.7 cm³/mol. The zero-order valence-corrected chi connectivity index (χ0v) is 12.0. The maximum absolute atomic E-state index is 11.1. The summed E-state index contributed by atoms with van der Waals surface area (Å²) in [5.41, 5.74) is 0. The highest BCUT2D eigenvalue weighted by Gasteiger charge is 2.32. The van der Waals surface area contributed by atoms with E-state index in [9.17, 15) is 4.79 Å². The Bertz CT molecular complexity index is 245. The summed E-state index contributed by atoms with van der Waals surface area (Å²) >= 11 is 0. The second kappa shape index (κ2) is 6.42. The lowest BCUT2D eigenvalue weighted by Crippen LogP contribution is -2.32. The van der Waals surface area contributed by atoms with Crippen LogP contribution < -0.4 is 0 Å². The van der Waals surface area contributed by atoms with Crippen LogP contribution in [0.15, 0.2) is 0 Å². The minimum atomic E-state index is -0.122. The van der Waals surface area contributed by atoms with Gasteiger partial charge in [-0.3, -0.25) is 4.79 Å². The van der Waals surface area contributed by atoms with Crippen molar-refractivity contribution in [1.29, 1.82) is 0 Å². The second-order valence-electron chi connectivity index (χ2n) is 6.44. The first kappa shape index (κ1) is 14.5. The molecule has 0 aromatic heterocycles. The number of rotatable bonds is 4. The van der Waals surface area contributed by atoms with E-state index in [-0.39, 0.29) is 12.1 Å². The van der Waals surface area contributed by atoms with Crippen LogP contribution in [-0.4, -0.2) is 12.1 Å². The van der Waals surface area contributed by atoms with Crippen molar-refractivity contribution in [1.82, 2.24) is 0 Å². The lowest BCUT2D eigenvalue weighted by molar-refractivity contribution is -0.150. The monoisotopic (exact) mass is 240 g/mol. The summed E-state index contributed by atoms with van der Waals surface area (Å²) in [5.74, 6) is 2.77. The molecule has 1 rings (SSSR count). The molecule has 3 unspecified atom stereocenters. The number of hydrogen-bond donors (Lipinski definition) is 0. The largest absolute Gasteiger partial charge is 0.463 e.